The summed E-state index contributed by atoms with van der Waals surface area (Å²) in [6, 6.07) is 11.2. The number of aromatic hydroxyl groups is 1. The van der Waals surface area contributed by atoms with E-state index in [0.29, 0.717) is 31.9 Å². The van der Waals surface area contributed by atoms with E-state index in [1.807, 2.05) is 31.2 Å². The van der Waals surface area contributed by atoms with Gasteiger partial charge in [0.25, 0.3) is 11.7 Å². The summed E-state index contributed by atoms with van der Waals surface area (Å²) in [7, 11) is 1.47. The van der Waals surface area contributed by atoms with Crippen molar-refractivity contribution in [3.8, 4) is 11.5 Å². The Labute approximate surface area is 199 Å². The average Bonchev–Trinajstić information content (AvgIpc) is 3.09. The number of aliphatic hydroxyl groups excluding tert-OH is 1. The summed E-state index contributed by atoms with van der Waals surface area (Å²) >= 11 is 0. The summed E-state index contributed by atoms with van der Waals surface area (Å²) < 4.78 is 10.5. The number of benzene rings is 2. The maximum atomic E-state index is 13.1. The zero-order valence-electron chi connectivity index (χ0n) is 19.5. The highest BCUT2D eigenvalue weighted by Crippen LogP contribution is 2.41. The molecule has 0 aliphatic carbocycles. The Hall–Kier alpha value is -3.36. The number of amides is 1. The SMILES string of the molecule is COc1ccc(C(O)=C2C(=O)C(=O)N(CCCN3CCOCC3)[C@H]2c2ccc(C)cc2)c(O)c1. The molecule has 0 aromatic heterocycles. The number of rotatable bonds is 7. The molecule has 8 heteroatoms. The Morgan fingerprint density at radius 3 is 2.44 bits per heavy atom. The Morgan fingerprint density at radius 1 is 1.09 bits per heavy atom. The van der Waals surface area contributed by atoms with Crippen LogP contribution in [-0.4, -0.2) is 78.2 Å². The van der Waals surface area contributed by atoms with Crippen LogP contribution in [0.15, 0.2) is 48.0 Å². The van der Waals surface area contributed by atoms with E-state index in [4.69, 9.17) is 9.47 Å². The van der Waals surface area contributed by atoms with Gasteiger partial charge in [0, 0.05) is 32.2 Å². The molecule has 1 amide bonds. The fourth-order valence-electron chi connectivity index (χ4n) is 4.48. The van der Waals surface area contributed by atoms with Crippen molar-refractivity contribution in [1.29, 1.82) is 0 Å². The van der Waals surface area contributed by atoms with E-state index in [0.717, 1.165) is 30.8 Å². The minimum Gasteiger partial charge on any atom is -0.507 e. The van der Waals surface area contributed by atoms with Gasteiger partial charge in [-0.05, 0) is 31.0 Å². The van der Waals surface area contributed by atoms with Crippen molar-refractivity contribution < 1.29 is 29.3 Å². The number of hydrogen-bond acceptors (Lipinski definition) is 7. The van der Waals surface area contributed by atoms with Crippen LogP contribution in [0.5, 0.6) is 11.5 Å². The van der Waals surface area contributed by atoms with Crippen molar-refractivity contribution >= 4 is 17.4 Å². The number of phenolic OH excluding ortho intramolecular Hbond substituents is 1. The molecule has 1 atom stereocenters. The third-order valence-corrected chi connectivity index (χ3v) is 6.37. The molecule has 0 spiro atoms. The monoisotopic (exact) mass is 466 g/mol. The minimum absolute atomic E-state index is 0.0271. The molecule has 34 heavy (non-hydrogen) atoms. The molecule has 8 nitrogen and oxygen atoms in total. The summed E-state index contributed by atoms with van der Waals surface area (Å²) in [6.07, 6.45) is 0.684. The van der Waals surface area contributed by atoms with Gasteiger partial charge in [0.15, 0.2) is 0 Å². The quantitative estimate of drug-likeness (QED) is 0.368. The Bertz CT molecular complexity index is 1090. The van der Waals surface area contributed by atoms with Crippen molar-refractivity contribution in [3.05, 3.63) is 64.7 Å². The van der Waals surface area contributed by atoms with Crippen LogP contribution in [0.3, 0.4) is 0 Å². The number of nitrogens with zero attached hydrogens (tertiary/aromatic N) is 2. The summed E-state index contributed by atoms with van der Waals surface area (Å²) in [5, 5.41) is 21.6. The van der Waals surface area contributed by atoms with Gasteiger partial charge in [-0.1, -0.05) is 29.8 Å². The van der Waals surface area contributed by atoms with E-state index >= 15 is 0 Å². The fraction of sp³-hybridized carbons (Fsp3) is 0.385. The lowest BCUT2D eigenvalue weighted by molar-refractivity contribution is -0.140. The number of ether oxygens (including phenoxy) is 2. The largest absolute Gasteiger partial charge is 0.507 e. The standard InChI is InChI=1S/C26H30N2O6/c1-17-4-6-18(7-5-17)23-22(24(30)20-9-8-19(33-2)16-21(20)29)25(31)26(32)28(23)11-3-10-27-12-14-34-15-13-27/h4-9,16,23,29-30H,3,10-15H2,1-2H3/t23-/m0/s1. The van der Waals surface area contributed by atoms with Crippen molar-refractivity contribution in [2.24, 2.45) is 0 Å². The first kappa shape index (κ1) is 23.8. The Balaban J connectivity index is 1.69. The molecule has 0 radical (unpaired) electrons. The maximum absolute atomic E-state index is 13.1. The molecule has 2 heterocycles. The van der Waals surface area contributed by atoms with Crippen LogP contribution >= 0.6 is 0 Å². The van der Waals surface area contributed by atoms with Gasteiger partial charge >= 0.3 is 0 Å². The van der Waals surface area contributed by atoms with Gasteiger partial charge in [-0.25, -0.2) is 0 Å². The number of aliphatic hydroxyl groups is 1. The molecule has 0 unspecified atom stereocenters. The van der Waals surface area contributed by atoms with Crippen LogP contribution in [0, 0.1) is 6.92 Å². The van der Waals surface area contributed by atoms with E-state index in [1.165, 1.54) is 24.1 Å². The maximum Gasteiger partial charge on any atom is 0.295 e. The topological polar surface area (TPSA) is 99.5 Å². The zero-order chi connectivity index (χ0) is 24.2. The lowest BCUT2D eigenvalue weighted by atomic mass is 9.94. The summed E-state index contributed by atoms with van der Waals surface area (Å²) in [6.45, 7) is 6.18. The van der Waals surface area contributed by atoms with E-state index in [2.05, 4.69) is 4.90 Å². The van der Waals surface area contributed by atoms with Crippen molar-refractivity contribution in [1.82, 2.24) is 9.80 Å². The first-order valence-corrected chi connectivity index (χ1v) is 11.4. The highest BCUT2D eigenvalue weighted by atomic mass is 16.5. The molecule has 0 bridgehead atoms. The van der Waals surface area contributed by atoms with Gasteiger partial charge in [-0.2, -0.15) is 0 Å². The molecule has 4 rings (SSSR count). The predicted octanol–water partition coefficient (Wildman–Crippen LogP) is 2.85. The molecular formula is C26H30N2O6. The van der Waals surface area contributed by atoms with Crippen molar-refractivity contribution in [3.63, 3.8) is 0 Å². The number of methoxy groups -OCH3 is 1. The third kappa shape index (κ3) is 4.78. The average molecular weight is 467 g/mol. The van der Waals surface area contributed by atoms with Gasteiger partial charge in [0.1, 0.15) is 17.3 Å². The number of phenols is 1. The van der Waals surface area contributed by atoms with E-state index in [-0.39, 0.29) is 16.9 Å². The summed E-state index contributed by atoms with van der Waals surface area (Å²) in [5.74, 6) is -1.64. The summed E-state index contributed by atoms with van der Waals surface area (Å²) in [4.78, 5) is 30.0. The molecule has 2 aromatic carbocycles. The molecule has 2 aliphatic heterocycles. The van der Waals surface area contributed by atoms with E-state index < -0.39 is 23.5 Å². The number of carbonyl (C=O) groups is 2. The van der Waals surface area contributed by atoms with Gasteiger partial charge in [0.2, 0.25) is 0 Å². The van der Waals surface area contributed by atoms with Crippen LogP contribution in [0.1, 0.15) is 29.2 Å². The number of aryl methyl sites for hydroxylation is 1. The van der Waals surface area contributed by atoms with Crippen molar-refractivity contribution in [2.75, 3.05) is 46.5 Å². The Morgan fingerprint density at radius 2 is 1.79 bits per heavy atom. The predicted molar refractivity (Wildman–Crippen MR) is 127 cm³/mol. The number of Topliss-reactive ketones (excluding diaryl/α,β-unsaturated/α-hetero) is 1. The smallest absolute Gasteiger partial charge is 0.295 e. The molecule has 0 saturated carbocycles. The van der Waals surface area contributed by atoms with Gasteiger partial charge in [-0.3, -0.25) is 14.5 Å². The first-order chi connectivity index (χ1) is 16.4. The van der Waals surface area contributed by atoms with E-state index in [1.54, 1.807) is 6.07 Å². The first-order valence-electron chi connectivity index (χ1n) is 11.4. The number of morpholine rings is 1. The molecule has 2 saturated heterocycles. The second-order valence-electron chi connectivity index (χ2n) is 8.59. The van der Waals surface area contributed by atoms with Crippen LogP contribution in [0.2, 0.25) is 0 Å². The van der Waals surface area contributed by atoms with Crippen molar-refractivity contribution in [2.45, 2.75) is 19.4 Å². The summed E-state index contributed by atoms with van der Waals surface area (Å²) in [5.41, 5.74) is 1.82. The van der Waals surface area contributed by atoms with Crippen LogP contribution in [-0.2, 0) is 14.3 Å². The second-order valence-corrected chi connectivity index (χ2v) is 8.59. The highest BCUT2D eigenvalue weighted by Gasteiger charge is 2.46. The molecule has 2 aliphatic rings. The molecule has 2 N–H and O–H groups in total. The zero-order valence-corrected chi connectivity index (χ0v) is 19.5. The second kappa shape index (κ2) is 10.3. The minimum atomic E-state index is -0.760. The fourth-order valence-corrected chi connectivity index (χ4v) is 4.48. The lowest BCUT2D eigenvalue weighted by Crippen LogP contribution is -2.38. The molecule has 2 aromatic rings. The van der Waals surface area contributed by atoms with Gasteiger partial charge < -0.3 is 24.6 Å². The lowest BCUT2D eigenvalue weighted by Gasteiger charge is -2.29. The number of ketones is 1. The molecular weight excluding hydrogens is 436 g/mol. The van der Waals surface area contributed by atoms with Gasteiger partial charge in [0.05, 0.1) is 37.5 Å². The number of carbonyl (C=O) groups excluding carboxylic acids is 2. The third-order valence-electron chi connectivity index (χ3n) is 6.37. The Kier molecular flexibility index (Phi) is 7.19. The number of likely N-dealkylation sites (tertiary alicyclic amines) is 1. The van der Waals surface area contributed by atoms with Gasteiger partial charge in [-0.15, -0.1) is 0 Å². The highest BCUT2D eigenvalue weighted by molar-refractivity contribution is 6.46. The van der Waals surface area contributed by atoms with Crippen LogP contribution in [0.25, 0.3) is 5.76 Å². The molecule has 180 valence electrons. The van der Waals surface area contributed by atoms with E-state index in [9.17, 15) is 19.8 Å². The normalized spacial score (nSPS) is 20.6. The van der Waals surface area contributed by atoms with Crippen LogP contribution in [0.4, 0.5) is 0 Å². The van der Waals surface area contributed by atoms with Crippen LogP contribution < -0.4 is 4.74 Å². The number of hydrogen-bond donors (Lipinski definition) is 2. The molecule has 2 fully saturated rings.